The van der Waals surface area contributed by atoms with Crippen molar-refractivity contribution in [3.8, 4) is 18.6 Å². The summed E-state index contributed by atoms with van der Waals surface area (Å²) in [6, 6.07) is 30.1. The van der Waals surface area contributed by atoms with E-state index in [-0.39, 0.29) is 0 Å². The van der Waals surface area contributed by atoms with Crippen molar-refractivity contribution in [3.05, 3.63) is 84.2 Å². The van der Waals surface area contributed by atoms with E-state index in [1.54, 1.807) is 46.8 Å². The van der Waals surface area contributed by atoms with Gasteiger partial charge in [0.2, 0.25) is 0 Å². The minimum atomic E-state index is 0.355. The first-order chi connectivity index (χ1) is 17.8. The van der Waals surface area contributed by atoms with Crippen LogP contribution in [0, 0.1) is 0 Å². The molecule has 170 valence electrons. The third kappa shape index (κ3) is 3.03. The van der Waals surface area contributed by atoms with Gasteiger partial charge in [0, 0.05) is 0 Å². The zero-order chi connectivity index (χ0) is 23.4. The van der Waals surface area contributed by atoms with Crippen molar-refractivity contribution >= 4 is 136 Å². The van der Waals surface area contributed by atoms with Crippen LogP contribution in [-0.4, -0.2) is 43.5 Å². The van der Waals surface area contributed by atoms with Crippen molar-refractivity contribution in [3.63, 3.8) is 0 Å². The van der Waals surface area contributed by atoms with Crippen LogP contribution in [0.1, 0.15) is 0 Å². The van der Waals surface area contributed by atoms with E-state index in [0.717, 1.165) is 0 Å². The predicted molar refractivity (Wildman–Crippen MR) is 167 cm³/mol. The standard InChI is InChI=1S/C30H14S3Se3/c1-3-7-19-15(5-1)11-21(32-19)24-13-17-26-27-23(9-10-31-27)34-28(26)18-14-25(36-30(18)29(17)35-24)22-12-16-6-2-4-8-20(16)33-22/h1-14H. The van der Waals surface area contributed by atoms with Crippen LogP contribution in [-0.2, 0) is 0 Å². The fraction of sp³-hybridized carbons (Fsp3) is 0. The van der Waals surface area contributed by atoms with Gasteiger partial charge in [-0.15, -0.1) is 0 Å². The summed E-state index contributed by atoms with van der Waals surface area (Å²) in [6.45, 7) is 0. The Kier molecular flexibility index (Phi) is 4.68. The first kappa shape index (κ1) is 21.3. The molecule has 0 fully saturated rings. The molecule has 0 aliphatic rings. The quantitative estimate of drug-likeness (QED) is 0.157. The number of hydrogen-bond acceptors (Lipinski definition) is 3. The molecule has 0 nitrogen and oxygen atoms in total. The van der Waals surface area contributed by atoms with Crippen molar-refractivity contribution in [1.82, 2.24) is 0 Å². The molecular formula is C30H14S3Se3. The molecule has 0 saturated heterocycles. The summed E-state index contributed by atoms with van der Waals surface area (Å²) in [6.07, 6.45) is 0. The van der Waals surface area contributed by atoms with Gasteiger partial charge in [-0.05, 0) is 0 Å². The van der Waals surface area contributed by atoms with E-state index in [0.29, 0.717) is 43.5 Å². The van der Waals surface area contributed by atoms with Crippen molar-refractivity contribution in [1.29, 1.82) is 0 Å². The maximum atomic E-state index is 2.59. The van der Waals surface area contributed by atoms with E-state index >= 15 is 0 Å². The van der Waals surface area contributed by atoms with Crippen LogP contribution < -0.4 is 0 Å². The topological polar surface area (TPSA) is 0 Å². The summed E-state index contributed by atoms with van der Waals surface area (Å²) in [5.41, 5.74) is 0. The van der Waals surface area contributed by atoms with E-state index in [1.807, 2.05) is 34.0 Å². The van der Waals surface area contributed by atoms with Gasteiger partial charge in [-0.25, -0.2) is 0 Å². The van der Waals surface area contributed by atoms with Crippen LogP contribution >= 0.6 is 34.0 Å². The molecule has 9 aromatic rings. The molecule has 0 N–H and O–H groups in total. The second-order valence-corrected chi connectivity index (χ2v) is 18.6. The maximum absolute atomic E-state index is 2.59. The van der Waals surface area contributed by atoms with Crippen LogP contribution in [0.25, 0.3) is 76.7 Å². The number of rotatable bonds is 2. The average molecular weight is 708 g/mol. The van der Waals surface area contributed by atoms with Gasteiger partial charge in [-0.3, -0.25) is 0 Å². The van der Waals surface area contributed by atoms with Crippen molar-refractivity contribution in [2.24, 2.45) is 0 Å². The molecule has 3 aromatic carbocycles. The summed E-state index contributed by atoms with van der Waals surface area (Å²) in [5.74, 6) is 0. The molecule has 0 aliphatic heterocycles. The van der Waals surface area contributed by atoms with Crippen LogP contribution in [0.5, 0.6) is 0 Å². The predicted octanol–water partition coefficient (Wildman–Crippen LogP) is 9.30. The Hall–Kier alpha value is -1.68. The second kappa shape index (κ2) is 7.91. The van der Waals surface area contributed by atoms with Gasteiger partial charge in [-0.1, -0.05) is 0 Å². The van der Waals surface area contributed by atoms with E-state index in [2.05, 4.69) is 84.2 Å². The molecule has 0 aliphatic carbocycles. The summed E-state index contributed by atoms with van der Waals surface area (Å²) in [4.78, 5) is 2.94. The van der Waals surface area contributed by atoms with Crippen LogP contribution in [0.3, 0.4) is 0 Å². The van der Waals surface area contributed by atoms with Crippen LogP contribution in [0.2, 0.25) is 0 Å². The zero-order valence-corrected chi connectivity index (χ0v) is 26.1. The Morgan fingerprint density at radius 2 is 1.17 bits per heavy atom. The molecule has 0 bridgehead atoms. The molecule has 0 atom stereocenters. The third-order valence-electron chi connectivity index (χ3n) is 6.82. The van der Waals surface area contributed by atoms with Crippen molar-refractivity contribution in [2.75, 3.05) is 0 Å². The SMILES string of the molecule is c1ccc2sc(-c3cc4c([se]3)c3[se]c(-c5cc6ccccc6s5)cc3c3c5sccc5[se]c43)cc2c1. The fourth-order valence-electron chi connectivity index (χ4n) is 5.18. The number of benzene rings is 3. The monoisotopic (exact) mass is 710 g/mol. The van der Waals surface area contributed by atoms with Gasteiger partial charge in [0.1, 0.15) is 0 Å². The van der Waals surface area contributed by atoms with Gasteiger partial charge < -0.3 is 0 Å². The Morgan fingerprint density at radius 3 is 1.83 bits per heavy atom. The zero-order valence-electron chi connectivity index (χ0n) is 18.5. The normalized spacial score (nSPS) is 12.4. The molecule has 9 rings (SSSR count). The van der Waals surface area contributed by atoms with Crippen LogP contribution in [0.4, 0.5) is 0 Å². The average Bonchev–Trinajstić information content (AvgIpc) is 3.71. The Bertz CT molecular complexity index is 2210. The molecular weight excluding hydrogens is 693 g/mol. The summed E-state index contributed by atoms with van der Waals surface area (Å²) >= 11 is 7.02. The van der Waals surface area contributed by atoms with E-state index in [4.69, 9.17) is 0 Å². The molecule has 0 spiro atoms. The van der Waals surface area contributed by atoms with Gasteiger partial charge >= 0.3 is 238 Å². The molecule has 0 amide bonds. The minimum absolute atomic E-state index is 0.355. The van der Waals surface area contributed by atoms with Crippen molar-refractivity contribution in [2.45, 2.75) is 0 Å². The molecule has 6 aromatic heterocycles. The third-order valence-corrected chi connectivity index (χ3v) is 19.0. The van der Waals surface area contributed by atoms with Gasteiger partial charge in [-0.2, -0.15) is 0 Å². The van der Waals surface area contributed by atoms with E-state index in [9.17, 15) is 0 Å². The Labute approximate surface area is 236 Å². The molecule has 0 saturated carbocycles. The van der Waals surface area contributed by atoms with Gasteiger partial charge in [0.05, 0.1) is 0 Å². The van der Waals surface area contributed by atoms with Gasteiger partial charge in [0.25, 0.3) is 0 Å². The first-order valence-electron chi connectivity index (χ1n) is 11.6. The van der Waals surface area contributed by atoms with E-state index < -0.39 is 0 Å². The number of thiophene rings is 3. The van der Waals surface area contributed by atoms with E-state index in [1.165, 1.54) is 29.9 Å². The number of hydrogen-bond donors (Lipinski definition) is 0. The summed E-state index contributed by atoms with van der Waals surface area (Å²) in [7, 11) is 0. The Balaban J connectivity index is 1.38. The Morgan fingerprint density at radius 1 is 0.556 bits per heavy atom. The molecule has 6 heterocycles. The molecule has 0 unspecified atom stereocenters. The molecule has 6 heteroatoms. The molecule has 36 heavy (non-hydrogen) atoms. The second-order valence-electron chi connectivity index (χ2n) is 8.92. The molecule has 0 radical (unpaired) electrons. The summed E-state index contributed by atoms with van der Waals surface area (Å²) < 4.78 is 14.1. The number of fused-ring (bicyclic) bond motifs is 10. The summed E-state index contributed by atoms with van der Waals surface area (Å²) in [5, 5.41) is 9.79. The van der Waals surface area contributed by atoms with Crippen molar-refractivity contribution < 1.29 is 0 Å². The van der Waals surface area contributed by atoms with Crippen LogP contribution in [0.15, 0.2) is 84.2 Å². The van der Waals surface area contributed by atoms with Gasteiger partial charge in [0.15, 0.2) is 0 Å². The fourth-order valence-corrected chi connectivity index (χ4v) is 17.7. The first-order valence-corrected chi connectivity index (χ1v) is 19.2.